The van der Waals surface area contributed by atoms with Crippen molar-refractivity contribution >= 4 is 43.8 Å². The van der Waals surface area contributed by atoms with E-state index in [0.29, 0.717) is 15.8 Å². The molecule has 0 aliphatic heterocycles. The van der Waals surface area contributed by atoms with Crippen LogP contribution in [0.1, 0.15) is 23.7 Å². The van der Waals surface area contributed by atoms with Gasteiger partial charge in [-0.05, 0) is 48.0 Å². The number of fused-ring (bicyclic) bond motifs is 1. The highest BCUT2D eigenvalue weighted by Crippen LogP contribution is 2.29. The van der Waals surface area contributed by atoms with Crippen molar-refractivity contribution in [2.75, 3.05) is 0 Å². The van der Waals surface area contributed by atoms with Crippen molar-refractivity contribution in [3.8, 4) is 11.4 Å². The molecule has 0 saturated heterocycles. The fourth-order valence-corrected chi connectivity index (χ4v) is 3.75. The first-order valence-corrected chi connectivity index (χ1v) is 9.31. The number of halogens is 3. The fourth-order valence-electron chi connectivity index (χ4n) is 2.41. The molecule has 0 radical (unpaired) electrons. The van der Waals surface area contributed by atoms with Crippen molar-refractivity contribution in [3.63, 3.8) is 0 Å². The van der Waals surface area contributed by atoms with Crippen LogP contribution < -0.4 is 0 Å². The van der Waals surface area contributed by atoms with E-state index in [1.165, 1.54) is 34.1 Å². The van der Waals surface area contributed by atoms with E-state index in [1.54, 1.807) is 0 Å². The van der Waals surface area contributed by atoms with Gasteiger partial charge in [0.25, 0.3) is 0 Å². The first-order chi connectivity index (χ1) is 11.9. The lowest BCUT2D eigenvalue weighted by atomic mass is 10.2. The van der Waals surface area contributed by atoms with Crippen molar-refractivity contribution in [2.24, 2.45) is 0 Å². The summed E-state index contributed by atoms with van der Waals surface area (Å²) < 4.78 is 18.5. The standard InChI is InChI=1S/C15H11BrClFN6S/c1-7-11(16)6-23(21-7)8(2)14-22-24-13(19-20-15(24)25-14)10-5-9(17)3-4-12(10)18/h3-6,8H,1-2H3. The molecule has 0 fully saturated rings. The Morgan fingerprint density at radius 3 is 2.80 bits per heavy atom. The molecule has 128 valence electrons. The number of hydrogen-bond donors (Lipinski definition) is 0. The molecule has 6 nitrogen and oxygen atoms in total. The summed E-state index contributed by atoms with van der Waals surface area (Å²) >= 11 is 10.8. The minimum Gasteiger partial charge on any atom is -0.262 e. The average Bonchev–Trinajstić information content (AvgIpc) is 3.24. The van der Waals surface area contributed by atoms with Crippen LogP contribution in [0.4, 0.5) is 4.39 Å². The second-order valence-corrected chi connectivity index (χ2v) is 7.78. The average molecular weight is 442 g/mol. The Hall–Kier alpha value is -1.84. The summed E-state index contributed by atoms with van der Waals surface area (Å²) in [6.07, 6.45) is 1.90. The number of benzene rings is 1. The van der Waals surface area contributed by atoms with Crippen LogP contribution in [0.5, 0.6) is 0 Å². The summed E-state index contributed by atoms with van der Waals surface area (Å²) in [5.74, 6) is -0.101. The molecule has 3 heterocycles. The molecule has 1 atom stereocenters. The molecule has 4 aromatic rings. The Morgan fingerprint density at radius 2 is 2.08 bits per heavy atom. The maximum absolute atomic E-state index is 14.2. The summed E-state index contributed by atoms with van der Waals surface area (Å²) in [7, 11) is 0. The van der Waals surface area contributed by atoms with E-state index in [-0.39, 0.29) is 11.6 Å². The van der Waals surface area contributed by atoms with Gasteiger partial charge >= 0.3 is 0 Å². The van der Waals surface area contributed by atoms with E-state index in [9.17, 15) is 4.39 Å². The predicted octanol–water partition coefficient (Wildman–Crippen LogP) is 4.52. The molecule has 1 aromatic carbocycles. The molecule has 1 unspecified atom stereocenters. The molecule has 0 amide bonds. The maximum Gasteiger partial charge on any atom is 0.235 e. The smallest absolute Gasteiger partial charge is 0.235 e. The second-order valence-electron chi connectivity index (χ2n) is 5.50. The Bertz CT molecular complexity index is 1070. The van der Waals surface area contributed by atoms with E-state index in [2.05, 4.69) is 36.3 Å². The lowest BCUT2D eigenvalue weighted by Gasteiger charge is -2.07. The zero-order chi connectivity index (χ0) is 17.7. The SMILES string of the molecule is Cc1nn(C(C)c2nn3c(-c4cc(Cl)ccc4F)nnc3s2)cc1Br. The van der Waals surface area contributed by atoms with Crippen LogP contribution >= 0.6 is 38.9 Å². The van der Waals surface area contributed by atoms with Crippen LogP contribution in [-0.2, 0) is 0 Å². The number of aromatic nitrogens is 6. The van der Waals surface area contributed by atoms with E-state index in [4.69, 9.17) is 11.6 Å². The minimum absolute atomic E-state index is 0.0891. The van der Waals surface area contributed by atoms with Gasteiger partial charge in [-0.3, -0.25) is 4.68 Å². The molecule has 25 heavy (non-hydrogen) atoms. The van der Waals surface area contributed by atoms with Crippen molar-refractivity contribution in [2.45, 2.75) is 19.9 Å². The van der Waals surface area contributed by atoms with Crippen molar-refractivity contribution in [1.29, 1.82) is 0 Å². The van der Waals surface area contributed by atoms with Crippen LogP contribution in [-0.4, -0.2) is 29.6 Å². The topological polar surface area (TPSA) is 60.9 Å². The van der Waals surface area contributed by atoms with Gasteiger partial charge in [-0.15, -0.1) is 10.2 Å². The molecule has 3 aromatic heterocycles. The molecule has 10 heteroatoms. The normalized spacial score (nSPS) is 12.8. The summed E-state index contributed by atoms with van der Waals surface area (Å²) in [5.41, 5.74) is 1.17. The third-order valence-electron chi connectivity index (χ3n) is 3.79. The Morgan fingerprint density at radius 1 is 1.28 bits per heavy atom. The minimum atomic E-state index is -0.423. The highest BCUT2D eigenvalue weighted by molar-refractivity contribution is 9.10. The zero-order valence-electron chi connectivity index (χ0n) is 13.1. The van der Waals surface area contributed by atoms with Gasteiger partial charge in [0.05, 0.1) is 15.7 Å². The largest absolute Gasteiger partial charge is 0.262 e. The monoisotopic (exact) mass is 440 g/mol. The van der Waals surface area contributed by atoms with E-state index in [1.807, 2.05) is 24.7 Å². The van der Waals surface area contributed by atoms with Crippen LogP contribution in [0.25, 0.3) is 16.3 Å². The van der Waals surface area contributed by atoms with Gasteiger partial charge in [0.1, 0.15) is 16.9 Å². The first kappa shape index (κ1) is 16.6. The molecule has 0 aliphatic rings. The summed E-state index contributed by atoms with van der Waals surface area (Å²) in [4.78, 5) is 0.583. The molecule has 0 saturated carbocycles. The Balaban J connectivity index is 1.79. The van der Waals surface area contributed by atoms with E-state index in [0.717, 1.165) is 15.2 Å². The van der Waals surface area contributed by atoms with Crippen LogP contribution in [0.2, 0.25) is 5.02 Å². The molecule has 0 N–H and O–H groups in total. The van der Waals surface area contributed by atoms with Crippen LogP contribution in [0.3, 0.4) is 0 Å². The lowest BCUT2D eigenvalue weighted by Crippen LogP contribution is -2.08. The van der Waals surface area contributed by atoms with E-state index < -0.39 is 5.82 Å². The summed E-state index contributed by atoms with van der Waals surface area (Å²) in [5, 5.41) is 18.4. The molecule has 0 spiro atoms. The molecule has 4 rings (SSSR count). The zero-order valence-corrected chi connectivity index (χ0v) is 16.3. The van der Waals surface area contributed by atoms with Crippen molar-refractivity contribution in [1.82, 2.24) is 29.6 Å². The third-order valence-corrected chi connectivity index (χ3v) is 5.87. The van der Waals surface area contributed by atoms with Gasteiger partial charge in [-0.2, -0.15) is 14.7 Å². The molecule has 0 bridgehead atoms. The van der Waals surface area contributed by atoms with Crippen molar-refractivity contribution in [3.05, 3.63) is 50.4 Å². The summed E-state index contributed by atoms with van der Waals surface area (Å²) in [6, 6.07) is 4.22. The Kier molecular flexibility index (Phi) is 4.09. The number of rotatable bonds is 3. The van der Waals surface area contributed by atoms with Gasteiger partial charge in [-0.25, -0.2) is 4.39 Å². The first-order valence-electron chi connectivity index (χ1n) is 7.33. The third kappa shape index (κ3) is 2.86. The number of hydrogen-bond acceptors (Lipinski definition) is 5. The second kappa shape index (κ2) is 6.15. The van der Waals surface area contributed by atoms with Crippen LogP contribution in [0, 0.1) is 12.7 Å². The number of nitrogens with zero attached hydrogens (tertiary/aromatic N) is 6. The van der Waals surface area contributed by atoms with Crippen molar-refractivity contribution < 1.29 is 4.39 Å². The highest BCUT2D eigenvalue weighted by atomic mass is 79.9. The molecule has 0 aliphatic carbocycles. The van der Waals surface area contributed by atoms with E-state index >= 15 is 0 Å². The predicted molar refractivity (Wildman–Crippen MR) is 97.5 cm³/mol. The number of aryl methyl sites for hydroxylation is 1. The lowest BCUT2D eigenvalue weighted by molar-refractivity contribution is 0.551. The van der Waals surface area contributed by atoms with Gasteiger partial charge in [-0.1, -0.05) is 22.9 Å². The van der Waals surface area contributed by atoms with Gasteiger partial charge in [0.2, 0.25) is 4.96 Å². The maximum atomic E-state index is 14.2. The summed E-state index contributed by atoms with van der Waals surface area (Å²) in [6.45, 7) is 3.91. The van der Waals surface area contributed by atoms with Gasteiger partial charge in [0.15, 0.2) is 5.82 Å². The Labute approximate surface area is 159 Å². The fraction of sp³-hybridized carbons (Fsp3) is 0.200. The van der Waals surface area contributed by atoms with Gasteiger partial charge < -0.3 is 0 Å². The van der Waals surface area contributed by atoms with Gasteiger partial charge in [0, 0.05) is 11.2 Å². The quantitative estimate of drug-likeness (QED) is 0.469. The molecular formula is C15H11BrClFN6S. The van der Waals surface area contributed by atoms with Crippen LogP contribution in [0.15, 0.2) is 28.9 Å². The highest BCUT2D eigenvalue weighted by Gasteiger charge is 2.21. The molecular weight excluding hydrogens is 431 g/mol.